The van der Waals surface area contributed by atoms with E-state index in [9.17, 15) is 9.59 Å². The van der Waals surface area contributed by atoms with Crippen molar-refractivity contribution in [3.8, 4) is 0 Å². The molecule has 2 rings (SSSR count). The van der Waals surface area contributed by atoms with Gasteiger partial charge in [-0.05, 0) is 24.8 Å². The minimum absolute atomic E-state index is 0.232. The summed E-state index contributed by atoms with van der Waals surface area (Å²) in [4.78, 5) is 22.0. The number of allylic oxidation sites excluding steroid dienone is 1. The normalized spacial score (nSPS) is 19.9. The van der Waals surface area contributed by atoms with Crippen molar-refractivity contribution in [3.63, 3.8) is 0 Å². The molecule has 0 radical (unpaired) electrons. The molecule has 19 heavy (non-hydrogen) atoms. The molecule has 2 N–H and O–H groups in total. The first-order valence-corrected chi connectivity index (χ1v) is 6.43. The molecule has 0 aromatic heterocycles. The maximum absolute atomic E-state index is 11.4. The third-order valence-corrected chi connectivity index (χ3v) is 3.09. The molecule has 1 fully saturated rings. The molecule has 1 heterocycles. The van der Waals surface area contributed by atoms with Crippen LogP contribution in [-0.4, -0.2) is 11.9 Å². The van der Waals surface area contributed by atoms with Crippen LogP contribution in [0.15, 0.2) is 42.0 Å². The topological polar surface area (TPSA) is 69.4 Å². The van der Waals surface area contributed by atoms with Gasteiger partial charge in [-0.25, -0.2) is 4.79 Å². The molecule has 1 atom stereocenters. The number of nitrogens with two attached hydrogens (primary N) is 1. The summed E-state index contributed by atoms with van der Waals surface area (Å²) in [6.45, 7) is 0. The number of amides is 1. The number of primary amides is 1. The van der Waals surface area contributed by atoms with Crippen LogP contribution >= 0.6 is 0 Å². The van der Waals surface area contributed by atoms with Crippen LogP contribution in [0.2, 0.25) is 0 Å². The molecule has 1 aromatic carbocycles. The van der Waals surface area contributed by atoms with Gasteiger partial charge in [-0.1, -0.05) is 36.4 Å². The zero-order valence-electron chi connectivity index (χ0n) is 10.7. The van der Waals surface area contributed by atoms with Crippen molar-refractivity contribution in [3.05, 3.63) is 47.5 Å². The van der Waals surface area contributed by atoms with Gasteiger partial charge in [0, 0.05) is 6.42 Å². The van der Waals surface area contributed by atoms with E-state index in [1.807, 2.05) is 36.4 Å². The molecule has 1 saturated heterocycles. The Morgan fingerprint density at radius 2 is 2.00 bits per heavy atom. The number of ether oxygens (including phenoxy) is 1. The summed E-state index contributed by atoms with van der Waals surface area (Å²) in [5.74, 6) is -0.526. The zero-order chi connectivity index (χ0) is 13.7. The second-order valence-electron chi connectivity index (χ2n) is 4.57. The van der Waals surface area contributed by atoms with E-state index in [0.717, 1.165) is 24.8 Å². The second kappa shape index (κ2) is 6.18. The predicted octanol–water partition coefficient (Wildman–Crippen LogP) is 2.26. The number of benzene rings is 1. The summed E-state index contributed by atoms with van der Waals surface area (Å²) in [6, 6.07) is 9.66. The molecule has 0 bridgehead atoms. The van der Waals surface area contributed by atoms with Gasteiger partial charge in [-0.2, -0.15) is 0 Å². The van der Waals surface area contributed by atoms with Gasteiger partial charge in [-0.3, -0.25) is 4.79 Å². The highest BCUT2D eigenvalue weighted by molar-refractivity contribution is 5.95. The van der Waals surface area contributed by atoms with Gasteiger partial charge in [-0.15, -0.1) is 0 Å². The average molecular weight is 259 g/mol. The Hall–Kier alpha value is -2.10. The lowest BCUT2D eigenvalue weighted by atomic mass is 9.95. The van der Waals surface area contributed by atoms with E-state index in [-0.39, 0.29) is 18.0 Å². The number of carbonyl (C=O) groups is 2. The Morgan fingerprint density at radius 1 is 1.26 bits per heavy atom. The lowest BCUT2D eigenvalue weighted by Crippen LogP contribution is -2.29. The molecule has 1 aliphatic heterocycles. The first kappa shape index (κ1) is 13.3. The van der Waals surface area contributed by atoms with Crippen LogP contribution in [0.3, 0.4) is 0 Å². The highest BCUT2D eigenvalue weighted by Crippen LogP contribution is 2.36. The van der Waals surface area contributed by atoms with Crippen LogP contribution in [0.4, 0.5) is 0 Å². The maximum atomic E-state index is 11.4. The van der Waals surface area contributed by atoms with E-state index in [1.54, 1.807) is 0 Å². The number of cyclic esters (lactones) is 1. The molecule has 0 saturated carbocycles. The van der Waals surface area contributed by atoms with Crippen molar-refractivity contribution in [2.24, 2.45) is 5.73 Å². The van der Waals surface area contributed by atoms with Gasteiger partial charge in [0.25, 0.3) is 0 Å². The smallest absolute Gasteiger partial charge is 0.338 e. The van der Waals surface area contributed by atoms with Crippen LogP contribution in [0, 0.1) is 0 Å². The Morgan fingerprint density at radius 3 is 2.63 bits per heavy atom. The Balaban J connectivity index is 1.87. The fourth-order valence-electron chi connectivity index (χ4n) is 2.05. The number of rotatable bonds is 6. The van der Waals surface area contributed by atoms with E-state index in [2.05, 4.69) is 0 Å². The summed E-state index contributed by atoms with van der Waals surface area (Å²) in [5.41, 5.74) is 6.77. The highest BCUT2D eigenvalue weighted by atomic mass is 16.6. The van der Waals surface area contributed by atoms with Crippen molar-refractivity contribution in [1.29, 1.82) is 0 Å². The standard InChI is InChI=1S/C15H17NO3/c16-13(17)10-6-2-5-9-12-14(19-15(12)18)11-7-3-1-4-8-11/h1,3-4,7-9,14H,2,5-6,10H2,(H2,16,17). The second-order valence-corrected chi connectivity index (χ2v) is 4.57. The summed E-state index contributed by atoms with van der Waals surface area (Å²) < 4.78 is 5.15. The largest absolute Gasteiger partial charge is 0.449 e. The minimum Gasteiger partial charge on any atom is -0.449 e. The Labute approximate surface area is 112 Å². The predicted molar refractivity (Wildman–Crippen MR) is 71.0 cm³/mol. The van der Waals surface area contributed by atoms with Crippen molar-refractivity contribution in [2.45, 2.75) is 31.8 Å². The van der Waals surface area contributed by atoms with Crippen LogP contribution in [0.1, 0.15) is 37.4 Å². The van der Waals surface area contributed by atoms with Crippen molar-refractivity contribution < 1.29 is 14.3 Å². The van der Waals surface area contributed by atoms with Gasteiger partial charge in [0.15, 0.2) is 6.10 Å². The van der Waals surface area contributed by atoms with E-state index in [1.165, 1.54) is 0 Å². The molecular weight excluding hydrogens is 242 g/mol. The van der Waals surface area contributed by atoms with E-state index >= 15 is 0 Å². The summed E-state index contributed by atoms with van der Waals surface area (Å²) >= 11 is 0. The van der Waals surface area contributed by atoms with E-state index < -0.39 is 0 Å². The molecule has 0 spiro atoms. The van der Waals surface area contributed by atoms with Crippen molar-refractivity contribution >= 4 is 11.9 Å². The third-order valence-electron chi connectivity index (χ3n) is 3.09. The monoisotopic (exact) mass is 259 g/mol. The molecular formula is C15H17NO3. The molecule has 1 unspecified atom stereocenters. The van der Waals surface area contributed by atoms with Crippen LogP contribution in [0.25, 0.3) is 0 Å². The lowest BCUT2D eigenvalue weighted by molar-refractivity contribution is -0.156. The lowest BCUT2D eigenvalue weighted by Gasteiger charge is -2.29. The summed E-state index contributed by atoms with van der Waals surface area (Å²) in [5, 5.41) is 0. The molecule has 4 nitrogen and oxygen atoms in total. The summed E-state index contributed by atoms with van der Waals surface area (Å²) in [7, 11) is 0. The number of esters is 1. The SMILES string of the molecule is NC(=O)CCCCC=C1C(=O)OC1c1ccccc1. The Bertz CT molecular complexity index is 493. The molecule has 1 amide bonds. The van der Waals surface area contributed by atoms with E-state index in [4.69, 9.17) is 10.5 Å². The molecule has 4 heteroatoms. The fourth-order valence-corrected chi connectivity index (χ4v) is 2.05. The summed E-state index contributed by atoms with van der Waals surface area (Å²) in [6.07, 6.45) is 4.44. The van der Waals surface area contributed by atoms with Gasteiger partial charge >= 0.3 is 5.97 Å². The van der Waals surface area contributed by atoms with E-state index in [0.29, 0.717) is 12.0 Å². The van der Waals surface area contributed by atoms with Crippen LogP contribution in [0.5, 0.6) is 0 Å². The van der Waals surface area contributed by atoms with Gasteiger partial charge in [0.2, 0.25) is 5.91 Å². The Kier molecular flexibility index (Phi) is 4.34. The number of carbonyl (C=O) groups excluding carboxylic acids is 2. The number of hydrogen-bond acceptors (Lipinski definition) is 3. The molecule has 100 valence electrons. The minimum atomic E-state index is -0.280. The third kappa shape index (κ3) is 3.44. The molecule has 1 aromatic rings. The first-order valence-electron chi connectivity index (χ1n) is 6.43. The van der Waals surface area contributed by atoms with Gasteiger partial charge in [0.05, 0.1) is 5.57 Å². The van der Waals surface area contributed by atoms with Crippen LogP contribution in [-0.2, 0) is 14.3 Å². The molecule has 0 aliphatic carbocycles. The van der Waals surface area contributed by atoms with Crippen molar-refractivity contribution in [2.75, 3.05) is 0 Å². The van der Waals surface area contributed by atoms with Gasteiger partial charge < -0.3 is 10.5 Å². The van der Waals surface area contributed by atoms with Crippen LogP contribution < -0.4 is 5.73 Å². The number of unbranched alkanes of at least 4 members (excludes halogenated alkanes) is 2. The fraction of sp³-hybridized carbons (Fsp3) is 0.333. The maximum Gasteiger partial charge on any atom is 0.338 e. The van der Waals surface area contributed by atoms with Crippen molar-refractivity contribution in [1.82, 2.24) is 0 Å². The zero-order valence-corrected chi connectivity index (χ0v) is 10.7. The first-order chi connectivity index (χ1) is 9.18. The molecule has 1 aliphatic rings. The average Bonchev–Trinajstić information content (AvgIpc) is 2.40. The number of hydrogen-bond donors (Lipinski definition) is 1. The quantitative estimate of drug-likeness (QED) is 0.484. The van der Waals surface area contributed by atoms with Gasteiger partial charge in [0.1, 0.15) is 0 Å². The highest BCUT2D eigenvalue weighted by Gasteiger charge is 2.36.